The molecule has 2 amide bonds. The van der Waals surface area contributed by atoms with Gasteiger partial charge in [0.15, 0.2) is 0 Å². The van der Waals surface area contributed by atoms with Crippen LogP contribution in [0, 0.1) is 0 Å². The summed E-state index contributed by atoms with van der Waals surface area (Å²) in [6.07, 6.45) is 3.27. The highest BCUT2D eigenvalue weighted by Crippen LogP contribution is 2.25. The third-order valence-corrected chi connectivity index (χ3v) is 4.28. The number of halogens is 2. The fraction of sp³-hybridized carbons (Fsp3) is 0.500. The Hall–Kier alpha value is -1.50. The highest BCUT2D eigenvalue weighted by atomic mass is 35.5. The number of phenols is 1. The van der Waals surface area contributed by atoms with Gasteiger partial charge in [-0.2, -0.15) is 0 Å². The average molecular weight is 377 g/mol. The van der Waals surface area contributed by atoms with Crippen molar-refractivity contribution in [1.82, 2.24) is 9.80 Å². The molecule has 0 unspecified atom stereocenters. The van der Waals surface area contributed by atoms with Gasteiger partial charge < -0.3 is 20.0 Å². The minimum atomic E-state index is -0.538. The molecule has 1 aliphatic heterocycles. The minimum absolute atomic E-state index is 0.0287. The summed E-state index contributed by atoms with van der Waals surface area (Å²) in [4.78, 5) is 25.8. The molecule has 1 fully saturated rings. The van der Waals surface area contributed by atoms with Crippen LogP contribution in [-0.2, 0) is 9.59 Å². The van der Waals surface area contributed by atoms with E-state index in [1.54, 1.807) is 11.0 Å². The maximum absolute atomic E-state index is 11.7. The molecule has 1 aromatic carbocycles. The van der Waals surface area contributed by atoms with Crippen molar-refractivity contribution in [3.05, 3.63) is 28.2 Å². The topological polar surface area (TPSA) is 81.1 Å². The van der Waals surface area contributed by atoms with Crippen molar-refractivity contribution in [2.45, 2.75) is 19.3 Å². The van der Waals surface area contributed by atoms with Gasteiger partial charge in [0.25, 0.3) is 0 Å². The number of carbonyl (C=O) groups is 2. The van der Waals surface area contributed by atoms with Crippen molar-refractivity contribution < 1.29 is 19.8 Å². The summed E-state index contributed by atoms with van der Waals surface area (Å²) in [5, 5.41) is 18.2. The molecular formula is C16H22Cl2N2O4. The lowest BCUT2D eigenvalue weighted by atomic mass is 10.1. The van der Waals surface area contributed by atoms with E-state index >= 15 is 0 Å². The van der Waals surface area contributed by atoms with E-state index in [-0.39, 0.29) is 18.2 Å². The second-order valence-corrected chi connectivity index (χ2v) is 6.26. The Morgan fingerprint density at radius 3 is 2.29 bits per heavy atom. The van der Waals surface area contributed by atoms with Crippen molar-refractivity contribution in [2.24, 2.45) is 0 Å². The van der Waals surface area contributed by atoms with Gasteiger partial charge in [-0.3, -0.25) is 9.59 Å². The number of amides is 2. The number of phenolic OH excluding ortho intramolecular Hbond substituents is 1. The Bertz CT molecular complexity index is 563. The van der Waals surface area contributed by atoms with E-state index in [4.69, 9.17) is 33.4 Å². The lowest BCUT2D eigenvalue weighted by Gasteiger charge is -2.28. The van der Waals surface area contributed by atoms with Crippen LogP contribution in [0.3, 0.4) is 0 Å². The first-order valence-electron chi connectivity index (χ1n) is 7.61. The molecule has 0 bridgehead atoms. The number of hydrogen-bond donors (Lipinski definition) is 2. The molecule has 0 spiro atoms. The van der Waals surface area contributed by atoms with E-state index < -0.39 is 12.5 Å². The molecule has 0 aromatic heterocycles. The second-order valence-electron chi connectivity index (χ2n) is 5.45. The summed E-state index contributed by atoms with van der Waals surface area (Å²) in [5.74, 6) is -0.316. The molecule has 8 heteroatoms. The Morgan fingerprint density at radius 2 is 1.79 bits per heavy atom. The molecule has 1 aromatic rings. The van der Waals surface area contributed by atoms with E-state index in [0.717, 1.165) is 25.9 Å². The quantitative estimate of drug-likeness (QED) is 0.846. The third-order valence-electron chi connectivity index (χ3n) is 3.55. The normalized spacial score (nSPS) is 13.8. The van der Waals surface area contributed by atoms with Crippen LogP contribution in [0.1, 0.15) is 19.3 Å². The van der Waals surface area contributed by atoms with Gasteiger partial charge in [0.05, 0.1) is 16.6 Å². The predicted molar refractivity (Wildman–Crippen MR) is 93.3 cm³/mol. The first-order chi connectivity index (χ1) is 11.3. The van der Waals surface area contributed by atoms with Crippen molar-refractivity contribution in [3.8, 4) is 5.75 Å². The van der Waals surface area contributed by atoms with Gasteiger partial charge in [-0.15, -0.1) is 0 Å². The number of rotatable bonds is 3. The van der Waals surface area contributed by atoms with E-state index in [9.17, 15) is 9.59 Å². The zero-order valence-corrected chi connectivity index (χ0v) is 15.1. The molecule has 0 atom stereocenters. The van der Waals surface area contributed by atoms with Gasteiger partial charge in [0, 0.05) is 20.1 Å². The molecule has 24 heavy (non-hydrogen) atoms. The van der Waals surface area contributed by atoms with E-state index in [0.29, 0.717) is 10.0 Å². The first-order valence-corrected chi connectivity index (χ1v) is 8.37. The molecule has 1 aliphatic rings. The smallest absolute Gasteiger partial charge is 0.248 e. The van der Waals surface area contributed by atoms with Crippen LogP contribution < -0.4 is 0 Å². The van der Waals surface area contributed by atoms with Crippen LogP contribution in [-0.4, -0.2) is 65.1 Å². The molecule has 2 N–H and O–H groups in total. The van der Waals surface area contributed by atoms with Crippen molar-refractivity contribution in [2.75, 3.05) is 33.3 Å². The Morgan fingerprint density at radius 1 is 1.17 bits per heavy atom. The van der Waals surface area contributed by atoms with Gasteiger partial charge in [-0.05, 0) is 37.5 Å². The summed E-state index contributed by atoms with van der Waals surface area (Å²) in [7, 11) is 1.53. The summed E-state index contributed by atoms with van der Waals surface area (Å²) >= 11 is 11.1. The standard InChI is InChI=1S/C10H18N2O3.C6H4Cl2O/c1-11(10(15)8-13)7-9(14)12-5-3-2-4-6-12;7-5-2-1-4(9)3-6(5)8/h13H,2-8H2,1H3;1-3,9H. The number of aliphatic hydroxyl groups is 1. The van der Waals surface area contributed by atoms with E-state index in [2.05, 4.69) is 0 Å². The maximum Gasteiger partial charge on any atom is 0.248 e. The number of carbonyl (C=O) groups excluding carboxylic acids is 2. The molecular weight excluding hydrogens is 355 g/mol. The molecule has 2 rings (SSSR count). The summed E-state index contributed by atoms with van der Waals surface area (Å²) < 4.78 is 0. The summed E-state index contributed by atoms with van der Waals surface area (Å²) in [6.45, 7) is 1.11. The van der Waals surface area contributed by atoms with Crippen LogP contribution in [0.2, 0.25) is 10.0 Å². The van der Waals surface area contributed by atoms with Gasteiger partial charge in [-0.25, -0.2) is 0 Å². The van der Waals surface area contributed by atoms with Crippen molar-refractivity contribution in [3.63, 3.8) is 0 Å². The Balaban J connectivity index is 0.000000272. The van der Waals surface area contributed by atoms with Crippen molar-refractivity contribution in [1.29, 1.82) is 0 Å². The van der Waals surface area contributed by atoms with E-state index in [1.807, 2.05) is 0 Å². The Kier molecular flexibility index (Phi) is 8.89. The number of aliphatic hydroxyl groups excluding tert-OH is 1. The van der Waals surface area contributed by atoms with Crippen LogP contribution in [0.15, 0.2) is 18.2 Å². The maximum atomic E-state index is 11.7. The lowest BCUT2D eigenvalue weighted by molar-refractivity contribution is -0.141. The highest BCUT2D eigenvalue weighted by molar-refractivity contribution is 6.42. The van der Waals surface area contributed by atoms with Gasteiger partial charge >= 0.3 is 0 Å². The monoisotopic (exact) mass is 376 g/mol. The zero-order chi connectivity index (χ0) is 18.1. The minimum Gasteiger partial charge on any atom is -0.508 e. The number of hydrogen-bond acceptors (Lipinski definition) is 4. The number of piperidine rings is 1. The molecule has 1 heterocycles. The molecule has 0 saturated carbocycles. The van der Waals surface area contributed by atoms with Crippen LogP contribution in [0.5, 0.6) is 5.75 Å². The number of benzene rings is 1. The first kappa shape index (κ1) is 20.5. The second kappa shape index (κ2) is 10.4. The summed E-state index contributed by atoms with van der Waals surface area (Å²) in [6, 6.07) is 4.41. The fourth-order valence-electron chi connectivity index (χ4n) is 2.14. The molecule has 0 aliphatic carbocycles. The molecule has 134 valence electrons. The van der Waals surface area contributed by atoms with E-state index in [1.165, 1.54) is 30.5 Å². The van der Waals surface area contributed by atoms with Gasteiger partial charge in [-0.1, -0.05) is 23.2 Å². The van der Waals surface area contributed by atoms with Crippen LogP contribution in [0.4, 0.5) is 0 Å². The highest BCUT2D eigenvalue weighted by Gasteiger charge is 2.19. The fourth-order valence-corrected chi connectivity index (χ4v) is 2.43. The summed E-state index contributed by atoms with van der Waals surface area (Å²) in [5.41, 5.74) is 0. The number of nitrogens with zero attached hydrogens (tertiary/aromatic N) is 2. The van der Waals surface area contributed by atoms with Gasteiger partial charge in [0.1, 0.15) is 12.4 Å². The number of aromatic hydroxyl groups is 1. The molecule has 0 radical (unpaired) electrons. The largest absolute Gasteiger partial charge is 0.508 e. The lowest BCUT2D eigenvalue weighted by Crippen LogP contribution is -2.43. The third kappa shape index (κ3) is 6.95. The van der Waals surface area contributed by atoms with Crippen LogP contribution in [0.25, 0.3) is 0 Å². The zero-order valence-electron chi connectivity index (χ0n) is 13.5. The SMILES string of the molecule is CN(CC(=O)N1CCCCC1)C(=O)CO.Oc1ccc(Cl)c(Cl)c1. The number of likely N-dealkylation sites (N-methyl/N-ethyl adjacent to an activating group) is 1. The number of likely N-dealkylation sites (tertiary alicyclic amines) is 1. The Labute approximate surface area is 151 Å². The molecule has 6 nitrogen and oxygen atoms in total. The van der Waals surface area contributed by atoms with Crippen molar-refractivity contribution >= 4 is 35.0 Å². The van der Waals surface area contributed by atoms with Gasteiger partial charge in [0.2, 0.25) is 11.8 Å². The predicted octanol–water partition coefficient (Wildman–Crippen LogP) is 2.15. The average Bonchev–Trinajstić information content (AvgIpc) is 2.59. The van der Waals surface area contributed by atoms with Crippen LogP contribution >= 0.6 is 23.2 Å². The molecule has 1 saturated heterocycles.